The van der Waals surface area contributed by atoms with E-state index >= 15 is 0 Å². The molecule has 0 saturated heterocycles. The van der Waals surface area contributed by atoms with Crippen molar-refractivity contribution in [2.45, 2.75) is 161 Å². The van der Waals surface area contributed by atoms with E-state index in [1.807, 2.05) is 0 Å². The minimum absolute atomic E-state index is 0.350. The summed E-state index contributed by atoms with van der Waals surface area (Å²) >= 11 is 0. The van der Waals surface area contributed by atoms with Crippen LogP contribution in [-0.4, -0.2) is 33.1 Å². The standard InChI is InChI=1S/C30H58O3/c1-27(2)25-29(4,32)22-23-30(5,33)26-28(3)21-19-17-15-13-11-9-7-6-8-10-12-14-16-18-20-24-31/h27-28,31-33H,6-21,24-26H2,1-5H3. The van der Waals surface area contributed by atoms with Crippen molar-refractivity contribution in [1.82, 2.24) is 0 Å². The quantitative estimate of drug-likeness (QED) is 0.119. The second-order valence-corrected chi connectivity index (χ2v) is 11.5. The van der Waals surface area contributed by atoms with Crippen LogP contribution in [0.5, 0.6) is 0 Å². The minimum Gasteiger partial charge on any atom is -0.396 e. The van der Waals surface area contributed by atoms with E-state index in [0.29, 0.717) is 31.3 Å². The molecule has 3 heteroatoms. The van der Waals surface area contributed by atoms with Crippen LogP contribution in [-0.2, 0) is 0 Å². The van der Waals surface area contributed by atoms with Crippen LogP contribution in [0.4, 0.5) is 0 Å². The summed E-state index contributed by atoms with van der Waals surface area (Å²) in [7, 11) is 0. The molecule has 0 aromatic heterocycles. The van der Waals surface area contributed by atoms with Gasteiger partial charge >= 0.3 is 0 Å². The number of unbranched alkanes of at least 4 members (excludes halogenated alkanes) is 14. The fourth-order valence-electron chi connectivity index (χ4n) is 4.85. The van der Waals surface area contributed by atoms with E-state index in [-0.39, 0.29) is 0 Å². The summed E-state index contributed by atoms with van der Waals surface area (Å²) in [5.41, 5.74) is -2.05. The Kier molecular flexibility index (Phi) is 19.4. The van der Waals surface area contributed by atoms with Crippen LogP contribution >= 0.6 is 0 Å². The largest absolute Gasteiger partial charge is 0.396 e. The first-order valence-electron chi connectivity index (χ1n) is 14.2. The van der Waals surface area contributed by atoms with E-state index in [2.05, 4.69) is 32.6 Å². The van der Waals surface area contributed by atoms with Crippen molar-refractivity contribution in [3.63, 3.8) is 0 Å². The van der Waals surface area contributed by atoms with E-state index in [1.54, 1.807) is 13.8 Å². The van der Waals surface area contributed by atoms with Crippen LogP contribution in [0.15, 0.2) is 0 Å². The van der Waals surface area contributed by atoms with E-state index in [0.717, 1.165) is 12.8 Å². The number of hydrogen-bond acceptors (Lipinski definition) is 3. The molecule has 0 aromatic carbocycles. The maximum Gasteiger partial charge on any atom is 0.123 e. The number of rotatable bonds is 21. The molecule has 0 spiro atoms. The van der Waals surface area contributed by atoms with Gasteiger partial charge in [0, 0.05) is 6.61 Å². The van der Waals surface area contributed by atoms with Gasteiger partial charge in [-0.2, -0.15) is 0 Å². The topological polar surface area (TPSA) is 60.7 Å². The van der Waals surface area contributed by atoms with Gasteiger partial charge in [-0.15, -0.1) is 0 Å². The van der Waals surface area contributed by atoms with Gasteiger partial charge in [0.2, 0.25) is 0 Å². The van der Waals surface area contributed by atoms with Gasteiger partial charge in [-0.1, -0.05) is 129 Å². The molecule has 33 heavy (non-hydrogen) atoms. The Labute approximate surface area is 207 Å². The van der Waals surface area contributed by atoms with Gasteiger partial charge in [0.15, 0.2) is 0 Å². The molecule has 0 radical (unpaired) electrons. The van der Waals surface area contributed by atoms with Crippen molar-refractivity contribution in [3.05, 3.63) is 0 Å². The number of aliphatic hydroxyl groups is 3. The Bertz CT molecular complexity index is 498. The van der Waals surface area contributed by atoms with Crippen molar-refractivity contribution in [2.24, 2.45) is 11.8 Å². The summed E-state index contributed by atoms with van der Waals surface area (Å²) in [5.74, 6) is 6.67. The SMILES string of the molecule is CC(C)CC(C)(O)C#CC(C)(O)CC(C)CCCCCCCCCCCCCCCCCO. The molecular weight excluding hydrogens is 408 g/mol. The molecule has 0 fully saturated rings. The molecule has 0 rings (SSSR count). The van der Waals surface area contributed by atoms with Crippen LogP contribution < -0.4 is 0 Å². The Hall–Kier alpha value is -0.560. The van der Waals surface area contributed by atoms with Crippen LogP contribution in [0, 0.1) is 23.7 Å². The first kappa shape index (κ1) is 32.4. The van der Waals surface area contributed by atoms with Crippen LogP contribution in [0.2, 0.25) is 0 Å². The van der Waals surface area contributed by atoms with Gasteiger partial charge in [0.25, 0.3) is 0 Å². The maximum absolute atomic E-state index is 10.6. The molecule has 196 valence electrons. The molecule has 0 amide bonds. The first-order valence-corrected chi connectivity index (χ1v) is 14.2. The van der Waals surface area contributed by atoms with E-state index < -0.39 is 11.2 Å². The van der Waals surface area contributed by atoms with Crippen molar-refractivity contribution < 1.29 is 15.3 Å². The molecule has 0 aromatic rings. The summed E-state index contributed by atoms with van der Waals surface area (Å²) in [6, 6.07) is 0. The lowest BCUT2D eigenvalue weighted by Crippen LogP contribution is -2.28. The number of aliphatic hydroxyl groups excluding tert-OH is 1. The molecule has 0 aliphatic rings. The van der Waals surface area contributed by atoms with Gasteiger partial charge in [0.05, 0.1) is 0 Å². The summed E-state index contributed by atoms with van der Waals surface area (Å²) < 4.78 is 0. The average molecular weight is 467 g/mol. The van der Waals surface area contributed by atoms with Crippen LogP contribution in [0.3, 0.4) is 0 Å². The van der Waals surface area contributed by atoms with E-state index in [9.17, 15) is 10.2 Å². The Balaban J connectivity index is 3.65. The third kappa shape index (κ3) is 23.0. The summed E-state index contributed by atoms with van der Waals surface area (Å²) in [6.45, 7) is 10.2. The summed E-state index contributed by atoms with van der Waals surface area (Å²) in [5, 5.41) is 29.7. The molecule has 0 bridgehead atoms. The second kappa shape index (κ2) is 19.7. The van der Waals surface area contributed by atoms with E-state index in [1.165, 1.54) is 89.9 Å². The lowest BCUT2D eigenvalue weighted by molar-refractivity contribution is 0.0832. The molecular formula is C30H58O3. The lowest BCUT2D eigenvalue weighted by atomic mass is 9.88. The molecule has 3 N–H and O–H groups in total. The smallest absolute Gasteiger partial charge is 0.123 e. The third-order valence-electron chi connectivity index (χ3n) is 6.51. The van der Waals surface area contributed by atoms with Crippen molar-refractivity contribution in [1.29, 1.82) is 0 Å². The van der Waals surface area contributed by atoms with Gasteiger partial charge in [-0.3, -0.25) is 0 Å². The van der Waals surface area contributed by atoms with Crippen LogP contribution in [0.1, 0.15) is 150 Å². The molecule has 3 nitrogen and oxygen atoms in total. The molecule has 0 heterocycles. The zero-order chi connectivity index (χ0) is 25.0. The first-order chi connectivity index (χ1) is 15.6. The predicted molar refractivity (Wildman–Crippen MR) is 143 cm³/mol. The van der Waals surface area contributed by atoms with Crippen LogP contribution in [0.25, 0.3) is 0 Å². The fraction of sp³-hybridized carbons (Fsp3) is 0.933. The normalized spacial score (nSPS) is 16.2. The maximum atomic E-state index is 10.6. The zero-order valence-corrected chi connectivity index (χ0v) is 22.9. The van der Waals surface area contributed by atoms with Crippen molar-refractivity contribution in [3.8, 4) is 11.8 Å². The molecule has 3 atom stereocenters. The van der Waals surface area contributed by atoms with Crippen molar-refractivity contribution in [2.75, 3.05) is 6.61 Å². The van der Waals surface area contributed by atoms with Gasteiger partial charge < -0.3 is 15.3 Å². The van der Waals surface area contributed by atoms with Gasteiger partial charge in [0.1, 0.15) is 11.2 Å². The summed E-state index contributed by atoms with van der Waals surface area (Å²) in [6.07, 6.45) is 22.1. The highest BCUT2D eigenvalue weighted by molar-refractivity contribution is 5.19. The molecule has 0 aliphatic heterocycles. The second-order valence-electron chi connectivity index (χ2n) is 11.5. The highest BCUT2D eigenvalue weighted by Crippen LogP contribution is 2.23. The molecule has 0 saturated carbocycles. The molecule has 0 aliphatic carbocycles. The van der Waals surface area contributed by atoms with Gasteiger partial charge in [-0.05, 0) is 44.9 Å². The minimum atomic E-state index is -1.03. The molecule has 3 unspecified atom stereocenters. The summed E-state index contributed by atoms with van der Waals surface area (Å²) in [4.78, 5) is 0. The lowest BCUT2D eigenvalue weighted by Gasteiger charge is -2.23. The monoisotopic (exact) mass is 466 g/mol. The van der Waals surface area contributed by atoms with Gasteiger partial charge in [-0.25, -0.2) is 0 Å². The Morgan fingerprint density at radius 2 is 0.879 bits per heavy atom. The predicted octanol–water partition coefficient (Wildman–Crippen LogP) is 7.80. The highest BCUT2D eigenvalue weighted by Gasteiger charge is 2.23. The Morgan fingerprint density at radius 3 is 1.24 bits per heavy atom. The van der Waals surface area contributed by atoms with Crippen molar-refractivity contribution >= 4 is 0 Å². The third-order valence-corrected chi connectivity index (χ3v) is 6.51. The Morgan fingerprint density at radius 1 is 0.545 bits per heavy atom. The van der Waals surface area contributed by atoms with E-state index in [4.69, 9.17) is 5.11 Å². The highest BCUT2D eigenvalue weighted by atomic mass is 16.3. The zero-order valence-electron chi connectivity index (χ0n) is 22.9. The fourth-order valence-corrected chi connectivity index (χ4v) is 4.85. The average Bonchev–Trinajstić information content (AvgIpc) is 2.71. The number of hydrogen-bond donors (Lipinski definition) is 3.